The van der Waals surface area contributed by atoms with Crippen molar-refractivity contribution in [2.24, 2.45) is 5.41 Å². The Morgan fingerprint density at radius 3 is 2.77 bits per heavy atom. The predicted octanol–water partition coefficient (Wildman–Crippen LogP) is 3.59. The molecule has 0 saturated heterocycles. The van der Waals surface area contributed by atoms with Gasteiger partial charge in [0.2, 0.25) is 0 Å². The topological polar surface area (TPSA) is 59.2 Å². The van der Waals surface area contributed by atoms with E-state index in [-0.39, 0.29) is 10.8 Å². The van der Waals surface area contributed by atoms with Gasteiger partial charge in [-0.1, -0.05) is 13.8 Å². The molecule has 1 aliphatic rings. The fourth-order valence-electron chi connectivity index (χ4n) is 3.16. The molecule has 4 nitrogen and oxygen atoms in total. The first-order valence-corrected chi connectivity index (χ1v) is 8.08. The van der Waals surface area contributed by atoms with E-state index in [2.05, 4.69) is 34.8 Å². The van der Waals surface area contributed by atoms with Crippen LogP contribution in [0.25, 0.3) is 10.9 Å². The Labute approximate surface area is 137 Å². The second kappa shape index (κ2) is 5.23. The van der Waals surface area contributed by atoms with E-state index < -0.39 is 5.97 Å². The normalized spacial score (nSPS) is 16.4. The molecule has 5 heteroatoms. The van der Waals surface area contributed by atoms with Gasteiger partial charge >= 0.3 is 5.97 Å². The highest BCUT2D eigenvalue weighted by atomic mass is 79.9. The van der Waals surface area contributed by atoms with E-state index in [1.807, 2.05) is 0 Å². The minimum absolute atomic E-state index is 0.0572. The van der Waals surface area contributed by atoms with Crippen molar-refractivity contribution in [2.45, 2.75) is 33.1 Å². The van der Waals surface area contributed by atoms with E-state index in [0.717, 1.165) is 35.0 Å². The standard InChI is InChI=1S/C17H18BrNO3/c1-17(2)7-6-12-10(8-17)15(20)13-9(16(21)22-3)4-5-11(18)14(13)19-12/h4-5H,6-8H2,1-3H3,(H,19,20). The molecule has 22 heavy (non-hydrogen) atoms. The summed E-state index contributed by atoms with van der Waals surface area (Å²) in [6.07, 6.45) is 2.61. The summed E-state index contributed by atoms with van der Waals surface area (Å²) < 4.78 is 5.59. The van der Waals surface area contributed by atoms with E-state index >= 15 is 0 Å². The zero-order valence-electron chi connectivity index (χ0n) is 12.9. The van der Waals surface area contributed by atoms with Crippen molar-refractivity contribution >= 4 is 32.8 Å². The Morgan fingerprint density at radius 2 is 2.09 bits per heavy atom. The van der Waals surface area contributed by atoms with E-state index in [1.165, 1.54) is 7.11 Å². The monoisotopic (exact) mass is 363 g/mol. The number of carbonyl (C=O) groups is 1. The van der Waals surface area contributed by atoms with Crippen molar-refractivity contribution in [3.05, 3.63) is 43.6 Å². The van der Waals surface area contributed by atoms with Crippen LogP contribution in [0.3, 0.4) is 0 Å². The molecule has 0 bridgehead atoms. The van der Waals surface area contributed by atoms with Gasteiger partial charge < -0.3 is 9.72 Å². The van der Waals surface area contributed by atoms with Crippen LogP contribution >= 0.6 is 15.9 Å². The molecule has 1 N–H and O–H groups in total. The molecule has 116 valence electrons. The van der Waals surface area contributed by atoms with Gasteiger partial charge in [0, 0.05) is 15.7 Å². The molecule has 0 fully saturated rings. The number of ether oxygens (including phenoxy) is 1. The lowest BCUT2D eigenvalue weighted by Gasteiger charge is -2.31. The second-order valence-electron chi connectivity index (χ2n) is 6.59. The van der Waals surface area contributed by atoms with Gasteiger partial charge in [-0.15, -0.1) is 0 Å². The third-order valence-electron chi connectivity index (χ3n) is 4.41. The zero-order valence-corrected chi connectivity index (χ0v) is 14.5. The first kappa shape index (κ1) is 15.3. The number of aryl methyl sites for hydroxylation is 1. The molecular weight excluding hydrogens is 346 g/mol. The maximum absolute atomic E-state index is 13.0. The Balaban J connectivity index is 2.38. The Bertz CT molecular complexity index is 836. The van der Waals surface area contributed by atoms with Gasteiger partial charge in [-0.05, 0) is 52.7 Å². The van der Waals surface area contributed by atoms with Crippen molar-refractivity contribution < 1.29 is 9.53 Å². The Hall–Kier alpha value is -1.62. The molecule has 1 aromatic heterocycles. The van der Waals surface area contributed by atoms with Crippen molar-refractivity contribution in [1.29, 1.82) is 0 Å². The lowest BCUT2D eigenvalue weighted by molar-refractivity contribution is 0.0603. The fourth-order valence-corrected chi connectivity index (χ4v) is 3.59. The van der Waals surface area contributed by atoms with Crippen LogP contribution < -0.4 is 5.43 Å². The number of benzene rings is 1. The molecule has 3 rings (SSSR count). The summed E-state index contributed by atoms with van der Waals surface area (Å²) in [5.74, 6) is -0.488. The third kappa shape index (κ3) is 2.37. The van der Waals surface area contributed by atoms with Crippen molar-refractivity contribution in [3.8, 4) is 0 Å². The average molecular weight is 364 g/mol. The number of H-pyrrole nitrogens is 1. The summed E-state index contributed by atoms with van der Waals surface area (Å²) in [5.41, 5.74) is 2.81. The van der Waals surface area contributed by atoms with E-state index in [9.17, 15) is 9.59 Å². The lowest BCUT2D eigenvalue weighted by Crippen LogP contribution is -2.29. The highest BCUT2D eigenvalue weighted by Gasteiger charge is 2.29. The summed E-state index contributed by atoms with van der Waals surface area (Å²) in [6.45, 7) is 4.34. The molecular formula is C17H18BrNO3. The predicted molar refractivity (Wildman–Crippen MR) is 89.4 cm³/mol. The van der Waals surface area contributed by atoms with Gasteiger partial charge in [0.25, 0.3) is 0 Å². The number of carbonyl (C=O) groups excluding carboxylic acids is 1. The van der Waals surface area contributed by atoms with Gasteiger partial charge in [-0.25, -0.2) is 4.79 Å². The maximum Gasteiger partial charge on any atom is 0.338 e. The van der Waals surface area contributed by atoms with Crippen LogP contribution in [0, 0.1) is 5.41 Å². The largest absolute Gasteiger partial charge is 0.465 e. The number of hydrogen-bond donors (Lipinski definition) is 1. The summed E-state index contributed by atoms with van der Waals surface area (Å²) in [4.78, 5) is 28.4. The van der Waals surface area contributed by atoms with Crippen molar-refractivity contribution in [1.82, 2.24) is 4.98 Å². The quantitative estimate of drug-likeness (QED) is 0.787. The van der Waals surface area contributed by atoms with Crippen molar-refractivity contribution in [2.75, 3.05) is 7.11 Å². The summed E-state index contributed by atoms with van der Waals surface area (Å²) in [7, 11) is 1.33. The van der Waals surface area contributed by atoms with Gasteiger partial charge in [0.15, 0.2) is 5.43 Å². The van der Waals surface area contributed by atoms with E-state index in [0.29, 0.717) is 16.5 Å². The Morgan fingerprint density at radius 1 is 1.36 bits per heavy atom. The smallest absolute Gasteiger partial charge is 0.338 e. The van der Waals surface area contributed by atoms with Gasteiger partial charge in [-0.3, -0.25) is 4.79 Å². The second-order valence-corrected chi connectivity index (χ2v) is 7.44. The van der Waals surface area contributed by atoms with Gasteiger partial charge in [0.05, 0.1) is 23.6 Å². The maximum atomic E-state index is 13.0. The molecule has 1 heterocycles. The first-order valence-electron chi connectivity index (χ1n) is 7.28. The molecule has 0 aliphatic heterocycles. The fraction of sp³-hybridized carbons (Fsp3) is 0.412. The number of pyridine rings is 1. The van der Waals surface area contributed by atoms with E-state index in [1.54, 1.807) is 12.1 Å². The lowest BCUT2D eigenvalue weighted by atomic mass is 9.75. The summed E-state index contributed by atoms with van der Waals surface area (Å²) >= 11 is 3.46. The molecule has 0 spiro atoms. The minimum Gasteiger partial charge on any atom is -0.465 e. The number of methoxy groups -OCH3 is 1. The highest BCUT2D eigenvalue weighted by molar-refractivity contribution is 9.10. The number of aromatic amines is 1. The summed E-state index contributed by atoms with van der Waals surface area (Å²) in [5, 5.41) is 0.415. The third-order valence-corrected chi connectivity index (χ3v) is 5.07. The van der Waals surface area contributed by atoms with Gasteiger partial charge in [0.1, 0.15) is 0 Å². The summed E-state index contributed by atoms with van der Waals surface area (Å²) in [6, 6.07) is 3.40. The van der Waals surface area contributed by atoms with Gasteiger partial charge in [-0.2, -0.15) is 0 Å². The number of hydrogen-bond acceptors (Lipinski definition) is 3. The van der Waals surface area contributed by atoms with Crippen LogP contribution in [-0.2, 0) is 17.6 Å². The van der Waals surface area contributed by atoms with Crippen molar-refractivity contribution in [3.63, 3.8) is 0 Å². The van der Waals surface area contributed by atoms with Crippen LogP contribution in [0.5, 0.6) is 0 Å². The van der Waals surface area contributed by atoms with Crippen LogP contribution in [-0.4, -0.2) is 18.1 Å². The Kier molecular flexibility index (Phi) is 3.63. The molecule has 0 atom stereocenters. The molecule has 0 saturated carbocycles. The molecule has 1 aromatic carbocycles. The molecule has 0 unspecified atom stereocenters. The van der Waals surface area contributed by atoms with E-state index in [4.69, 9.17) is 4.74 Å². The SMILES string of the molecule is COC(=O)c1ccc(Br)c2[nH]c3c(c(=O)c12)CC(C)(C)CC3. The van der Waals surface area contributed by atoms with Crippen LogP contribution in [0.2, 0.25) is 0 Å². The van der Waals surface area contributed by atoms with Crippen LogP contribution in [0.15, 0.2) is 21.4 Å². The molecule has 2 aromatic rings. The first-order chi connectivity index (χ1) is 10.3. The molecule has 1 aliphatic carbocycles. The average Bonchev–Trinajstić information content (AvgIpc) is 2.48. The number of aromatic nitrogens is 1. The number of esters is 1. The minimum atomic E-state index is -0.488. The number of rotatable bonds is 1. The highest BCUT2D eigenvalue weighted by Crippen LogP contribution is 2.34. The molecule has 0 radical (unpaired) electrons. The van der Waals surface area contributed by atoms with Crippen LogP contribution in [0.4, 0.5) is 0 Å². The van der Waals surface area contributed by atoms with Crippen LogP contribution in [0.1, 0.15) is 41.9 Å². The number of nitrogens with one attached hydrogen (secondary N) is 1. The molecule has 0 amide bonds. The number of halogens is 1. The number of fused-ring (bicyclic) bond motifs is 2. The zero-order chi connectivity index (χ0) is 16.1.